The van der Waals surface area contributed by atoms with Crippen molar-refractivity contribution in [2.24, 2.45) is 0 Å². The van der Waals surface area contributed by atoms with E-state index in [9.17, 15) is 9.59 Å². The molecule has 0 aliphatic carbocycles. The second-order valence-corrected chi connectivity index (χ2v) is 5.36. The summed E-state index contributed by atoms with van der Waals surface area (Å²) in [5.41, 5.74) is 0.853. The summed E-state index contributed by atoms with van der Waals surface area (Å²) in [5, 5.41) is 8.38. The average Bonchev–Trinajstić information content (AvgIpc) is 2.44. The Balaban J connectivity index is 2.32. The van der Waals surface area contributed by atoms with E-state index in [1.807, 2.05) is 31.2 Å². The van der Waals surface area contributed by atoms with Crippen LogP contribution in [0.25, 0.3) is 0 Å². The van der Waals surface area contributed by atoms with E-state index >= 15 is 0 Å². The van der Waals surface area contributed by atoms with E-state index in [1.165, 1.54) is 0 Å². The molecule has 0 spiro atoms. The molecule has 0 saturated heterocycles. The second-order valence-electron chi connectivity index (χ2n) is 4.44. The van der Waals surface area contributed by atoms with Crippen molar-refractivity contribution in [1.29, 1.82) is 0 Å². The number of carbonyl (C=O) groups excluding carboxylic acids is 2. The van der Waals surface area contributed by atoms with Gasteiger partial charge in [-0.15, -0.1) is 0 Å². The van der Waals surface area contributed by atoms with Crippen LogP contribution in [-0.2, 0) is 9.59 Å². The van der Waals surface area contributed by atoms with Gasteiger partial charge in [0, 0.05) is 16.7 Å². The number of rotatable bonds is 7. The summed E-state index contributed by atoms with van der Waals surface area (Å²) in [6.45, 7) is 4.40. The normalized spacial score (nSPS) is 11.6. The lowest BCUT2D eigenvalue weighted by atomic mass is 10.3. The van der Waals surface area contributed by atoms with Gasteiger partial charge in [-0.3, -0.25) is 9.59 Å². The molecule has 20 heavy (non-hydrogen) atoms. The highest BCUT2D eigenvalue weighted by molar-refractivity contribution is 9.10. The summed E-state index contributed by atoms with van der Waals surface area (Å²) in [4.78, 5) is 23.3. The summed E-state index contributed by atoms with van der Waals surface area (Å²) >= 11 is 3.34. The molecule has 0 saturated carbocycles. The molecule has 1 aromatic rings. The maximum Gasteiger partial charge on any atom is 0.242 e. The van der Waals surface area contributed by atoms with Crippen LogP contribution in [0.2, 0.25) is 0 Å². The molecule has 1 aromatic carbocycles. The van der Waals surface area contributed by atoms with Gasteiger partial charge in [-0.1, -0.05) is 22.9 Å². The Labute approximate surface area is 127 Å². The Morgan fingerprint density at radius 3 is 2.50 bits per heavy atom. The zero-order valence-corrected chi connectivity index (χ0v) is 13.3. The Bertz CT molecular complexity index is 448. The monoisotopic (exact) mass is 341 g/mol. The second kappa shape index (κ2) is 8.58. The SMILES string of the molecule is CCCNC(=O)[C@@H](C)NC(=O)CNc1ccc(Br)cc1. The van der Waals surface area contributed by atoms with Gasteiger partial charge in [0.05, 0.1) is 6.54 Å². The third-order valence-electron chi connectivity index (χ3n) is 2.62. The number of hydrogen-bond acceptors (Lipinski definition) is 3. The van der Waals surface area contributed by atoms with Crippen LogP contribution in [-0.4, -0.2) is 30.9 Å². The zero-order valence-electron chi connectivity index (χ0n) is 11.7. The van der Waals surface area contributed by atoms with Crippen LogP contribution < -0.4 is 16.0 Å². The first-order valence-corrected chi connectivity index (χ1v) is 7.38. The van der Waals surface area contributed by atoms with Gasteiger partial charge < -0.3 is 16.0 Å². The summed E-state index contributed by atoms with van der Waals surface area (Å²) in [5.74, 6) is -0.379. The first-order chi connectivity index (χ1) is 9.52. The minimum atomic E-state index is -0.527. The molecule has 0 heterocycles. The third-order valence-corrected chi connectivity index (χ3v) is 3.15. The van der Waals surface area contributed by atoms with Crippen molar-refractivity contribution in [2.75, 3.05) is 18.4 Å². The number of halogens is 1. The molecule has 1 atom stereocenters. The van der Waals surface area contributed by atoms with Crippen LogP contribution in [0, 0.1) is 0 Å². The molecule has 0 radical (unpaired) electrons. The van der Waals surface area contributed by atoms with E-state index in [-0.39, 0.29) is 18.4 Å². The molecule has 3 N–H and O–H groups in total. The highest BCUT2D eigenvalue weighted by Crippen LogP contribution is 2.13. The van der Waals surface area contributed by atoms with Crippen molar-refractivity contribution in [1.82, 2.24) is 10.6 Å². The minimum absolute atomic E-state index is 0.132. The summed E-state index contributed by atoms with van der Waals surface area (Å²) in [6.07, 6.45) is 0.873. The molecule has 6 heteroatoms. The minimum Gasteiger partial charge on any atom is -0.376 e. The maximum atomic E-state index is 11.7. The van der Waals surface area contributed by atoms with Crippen molar-refractivity contribution in [2.45, 2.75) is 26.3 Å². The molecule has 1 rings (SSSR count). The molecule has 110 valence electrons. The largest absolute Gasteiger partial charge is 0.376 e. The molecular formula is C14H20BrN3O2. The van der Waals surface area contributed by atoms with Gasteiger partial charge in [0.1, 0.15) is 6.04 Å². The molecule has 0 aliphatic rings. The lowest BCUT2D eigenvalue weighted by Crippen LogP contribution is -2.46. The van der Waals surface area contributed by atoms with Crippen LogP contribution >= 0.6 is 15.9 Å². The fourth-order valence-corrected chi connectivity index (χ4v) is 1.77. The van der Waals surface area contributed by atoms with Gasteiger partial charge in [-0.25, -0.2) is 0 Å². The number of hydrogen-bond donors (Lipinski definition) is 3. The number of carbonyl (C=O) groups is 2. The smallest absolute Gasteiger partial charge is 0.242 e. The van der Waals surface area contributed by atoms with Crippen molar-refractivity contribution in [3.8, 4) is 0 Å². The predicted molar refractivity (Wildman–Crippen MR) is 83.5 cm³/mol. The fraction of sp³-hybridized carbons (Fsp3) is 0.429. The maximum absolute atomic E-state index is 11.7. The molecule has 5 nitrogen and oxygen atoms in total. The lowest BCUT2D eigenvalue weighted by molar-refractivity contribution is -0.127. The van der Waals surface area contributed by atoms with E-state index < -0.39 is 6.04 Å². The van der Waals surface area contributed by atoms with Crippen LogP contribution in [0.1, 0.15) is 20.3 Å². The van der Waals surface area contributed by atoms with Crippen LogP contribution in [0.4, 0.5) is 5.69 Å². The van der Waals surface area contributed by atoms with Gasteiger partial charge in [-0.05, 0) is 37.6 Å². The van der Waals surface area contributed by atoms with Crippen molar-refractivity contribution < 1.29 is 9.59 Å². The summed E-state index contributed by atoms with van der Waals surface area (Å²) < 4.78 is 0.980. The van der Waals surface area contributed by atoms with Gasteiger partial charge in [0.25, 0.3) is 0 Å². The quantitative estimate of drug-likeness (QED) is 0.709. The van der Waals surface area contributed by atoms with E-state index in [2.05, 4.69) is 31.9 Å². The van der Waals surface area contributed by atoms with E-state index in [1.54, 1.807) is 6.92 Å². The van der Waals surface area contributed by atoms with Crippen molar-refractivity contribution in [3.05, 3.63) is 28.7 Å². The number of anilines is 1. The highest BCUT2D eigenvalue weighted by atomic mass is 79.9. The number of benzene rings is 1. The highest BCUT2D eigenvalue weighted by Gasteiger charge is 2.14. The predicted octanol–water partition coefficient (Wildman–Crippen LogP) is 1.89. The first-order valence-electron chi connectivity index (χ1n) is 6.59. The van der Waals surface area contributed by atoms with Crippen molar-refractivity contribution >= 4 is 33.4 Å². The molecule has 0 bridgehead atoms. The molecule has 0 aliphatic heterocycles. The lowest BCUT2D eigenvalue weighted by Gasteiger charge is -2.14. The Morgan fingerprint density at radius 2 is 1.90 bits per heavy atom. The van der Waals surface area contributed by atoms with E-state index in [0.29, 0.717) is 6.54 Å². The summed E-state index contributed by atoms with van der Waals surface area (Å²) in [7, 11) is 0. The summed E-state index contributed by atoms with van der Waals surface area (Å²) in [6, 6.07) is 6.99. The van der Waals surface area contributed by atoms with E-state index in [0.717, 1.165) is 16.6 Å². The Kier molecular flexibility index (Phi) is 7.08. The molecule has 0 fully saturated rings. The molecule has 2 amide bonds. The average molecular weight is 342 g/mol. The van der Waals surface area contributed by atoms with Gasteiger partial charge >= 0.3 is 0 Å². The van der Waals surface area contributed by atoms with Gasteiger partial charge in [0.15, 0.2) is 0 Å². The van der Waals surface area contributed by atoms with Gasteiger partial charge in [-0.2, -0.15) is 0 Å². The van der Waals surface area contributed by atoms with Gasteiger partial charge in [0.2, 0.25) is 11.8 Å². The first kappa shape index (κ1) is 16.5. The number of nitrogens with one attached hydrogen (secondary N) is 3. The molecule has 0 unspecified atom stereocenters. The van der Waals surface area contributed by atoms with E-state index in [4.69, 9.17) is 0 Å². The topological polar surface area (TPSA) is 70.2 Å². The zero-order chi connectivity index (χ0) is 15.0. The molecular weight excluding hydrogens is 322 g/mol. The molecule has 0 aromatic heterocycles. The standard InChI is InChI=1S/C14H20BrN3O2/c1-3-8-16-14(20)10(2)18-13(19)9-17-12-6-4-11(15)5-7-12/h4-7,10,17H,3,8-9H2,1-2H3,(H,16,20)(H,18,19)/t10-/m1/s1. The van der Waals surface area contributed by atoms with Crippen LogP contribution in [0.5, 0.6) is 0 Å². The Morgan fingerprint density at radius 1 is 1.25 bits per heavy atom. The van der Waals surface area contributed by atoms with Crippen LogP contribution in [0.15, 0.2) is 28.7 Å². The van der Waals surface area contributed by atoms with Crippen LogP contribution in [0.3, 0.4) is 0 Å². The third kappa shape index (κ3) is 6.06. The van der Waals surface area contributed by atoms with Crippen molar-refractivity contribution in [3.63, 3.8) is 0 Å². The Hall–Kier alpha value is -1.56. The number of amides is 2. The fourth-order valence-electron chi connectivity index (χ4n) is 1.51.